The second-order valence-corrected chi connectivity index (χ2v) is 3.98. The average molecular weight is 174 g/mol. The third-order valence-corrected chi connectivity index (χ3v) is 1.24. The fourth-order valence-corrected chi connectivity index (χ4v) is 1.03. The first-order valence-corrected chi connectivity index (χ1v) is 4.06. The normalized spacial score (nSPS) is 14.0. The van der Waals surface area contributed by atoms with Crippen molar-refractivity contribution in [3.8, 4) is 0 Å². The number of nitrogens with one attached hydrogen (secondary N) is 2. The van der Waals surface area contributed by atoms with Gasteiger partial charge < -0.3 is 15.7 Å². The quantitative estimate of drug-likeness (QED) is 0.599. The highest BCUT2D eigenvalue weighted by Gasteiger charge is 2.13. The topological polar surface area (TPSA) is 61.4 Å². The molecule has 1 unspecified atom stereocenters. The van der Waals surface area contributed by atoms with Crippen LogP contribution in [0.5, 0.6) is 0 Å². The largest absolute Gasteiger partial charge is 0.465 e. The zero-order valence-electron chi connectivity index (χ0n) is 8.14. The van der Waals surface area contributed by atoms with Crippen LogP contribution in [-0.2, 0) is 0 Å². The Kier molecular flexibility index (Phi) is 4.03. The third kappa shape index (κ3) is 7.34. The summed E-state index contributed by atoms with van der Waals surface area (Å²) in [6, 6.07) is 0.154. The van der Waals surface area contributed by atoms with E-state index < -0.39 is 6.09 Å². The van der Waals surface area contributed by atoms with Crippen molar-refractivity contribution in [2.45, 2.75) is 39.3 Å². The molecular formula is C8H18N2O2. The number of carboxylic acid groups (broad SMARTS) is 1. The Morgan fingerprint density at radius 3 is 2.33 bits per heavy atom. The standard InChI is InChI=1S/C8H18N2O2/c1-6(5-9-7(11)12)10-8(2,3)4/h6,9-10H,5H2,1-4H3,(H,11,12). The molecule has 4 heteroatoms. The molecule has 4 nitrogen and oxygen atoms in total. The van der Waals surface area contributed by atoms with Gasteiger partial charge in [-0.25, -0.2) is 4.79 Å². The first-order valence-electron chi connectivity index (χ1n) is 4.06. The minimum Gasteiger partial charge on any atom is -0.465 e. The SMILES string of the molecule is CC(CNC(=O)O)NC(C)(C)C. The van der Waals surface area contributed by atoms with Crippen molar-refractivity contribution in [1.29, 1.82) is 0 Å². The van der Waals surface area contributed by atoms with Gasteiger partial charge in [-0.15, -0.1) is 0 Å². The van der Waals surface area contributed by atoms with Crippen LogP contribution in [0.15, 0.2) is 0 Å². The first-order chi connectivity index (χ1) is 5.31. The Morgan fingerprint density at radius 1 is 1.50 bits per heavy atom. The Hall–Kier alpha value is -0.770. The van der Waals surface area contributed by atoms with Crippen LogP contribution in [0.1, 0.15) is 27.7 Å². The van der Waals surface area contributed by atoms with Crippen molar-refractivity contribution in [1.82, 2.24) is 10.6 Å². The maximum absolute atomic E-state index is 10.1. The van der Waals surface area contributed by atoms with Crippen LogP contribution in [-0.4, -0.2) is 29.3 Å². The smallest absolute Gasteiger partial charge is 0.404 e. The van der Waals surface area contributed by atoms with E-state index in [9.17, 15) is 4.79 Å². The average Bonchev–Trinajstić information content (AvgIpc) is 1.79. The summed E-state index contributed by atoms with van der Waals surface area (Å²) in [6.45, 7) is 8.52. The van der Waals surface area contributed by atoms with E-state index in [1.807, 2.05) is 27.7 Å². The van der Waals surface area contributed by atoms with Crippen LogP contribution in [0.25, 0.3) is 0 Å². The van der Waals surface area contributed by atoms with Crippen LogP contribution in [0.3, 0.4) is 0 Å². The molecule has 1 atom stereocenters. The molecule has 0 aliphatic heterocycles. The lowest BCUT2D eigenvalue weighted by Gasteiger charge is -2.25. The van der Waals surface area contributed by atoms with Gasteiger partial charge in [0.2, 0.25) is 0 Å². The molecule has 1 amide bonds. The molecule has 72 valence electrons. The van der Waals surface area contributed by atoms with E-state index in [1.165, 1.54) is 0 Å². The molecule has 0 aliphatic rings. The van der Waals surface area contributed by atoms with E-state index in [2.05, 4.69) is 10.6 Å². The second kappa shape index (κ2) is 4.30. The van der Waals surface area contributed by atoms with Crippen molar-refractivity contribution in [2.24, 2.45) is 0 Å². The monoisotopic (exact) mass is 174 g/mol. The highest BCUT2D eigenvalue weighted by molar-refractivity contribution is 5.64. The van der Waals surface area contributed by atoms with Crippen molar-refractivity contribution in [3.63, 3.8) is 0 Å². The minimum atomic E-state index is -0.974. The summed E-state index contributed by atoms with van der Waals surface area (Å²) in [7, 11) is 0. The van der Waals surface area contributed by atoms with Gasteiger partial charge in [0.1, 0.15) is 0 Å². The Balaban J connectivity index is 3.60. The van der Waals surface area contributed by atoms with Crippen molar-refractivity contribution < 1.29 is 9.90 Å². The highest BCUT2D eigenvalue weighted by atomic mass is 16.4. The van der Waals surface area contributed by atoms with E-state index in [4.69, 9.17) is 5.11 Å². The van der Waals surface area contributed by atoms with E-state index in [0.29, 0.717) is 6.54 Å². The molecule has 0 radical (unpaired) electrons. The van der Waals surface area contributed by atoms with Gasteiger partial charge in [-0.3, -0.25) is 0 Å². The zero-order valence-corrected chi connectivity index (χ0v) is 8.14. The number of hydrogen-bond donors (Lipinski definition) is 3. The third-order valence-electron chi connectivity index (χ3n) is 1.24. The zero-order chi connectivity index (χ0) is 9.78. The molecule has 0 aromatic rings. The molecule has 0 aliphatic carbocycles. The molecule has 0 spiro atoms. The maximum Gasteiger partial charge on any atom is 0.404 e. The van der Waals surface area contributed by atoms with Crippen molar-refractivity contribution >= 4 is 6.09 Å². The van der Waals surface area contributed by atoms with Gasteiger partial charge in [-0.05, 0) is 27.7 Å². The summed E-state index contributed by atoms with van der Waals surface area (Å²) >= 11 is 0. The second-order valence-electron chi connectivity index (χ2n) is 3.98. The lowest BCUT2D eigenvalue weighted by atomic mass is 10.1. The molecular weight excluding hydrogens is 156 g/mol. The minimum absolute atomic E-state index is 0.0274. The van der Waals surface area contributed by atoms with Gasteiger partial charge in [0, 0.05) is 18.1 Å². The number of amides is 1. The van der Waals surface area contributed by atoms with Crippen LogP contribution in [0, 0.1) is 0 Å². The number of hydrogen-bond acceptors (Lipinski definition) is 2. The van der Waals surface area contributed by atoms with Crippen LogP contribution in [0.4, 0.5) is 4.79 Å². The Morgan fingerprint density at radius 2 is 2.00 bits per heavy atom. The van der Waals surface area contributed by atoms with E-state index >= 15 is 0 Å². The van der Waals surface area contributed by atoms with Crippen LogP contribution >= 0.6 is 0 Å². The molecule has 0 heterocycles. The maximum atomic E-state index is 10.1. The summed E-state index contributed by atoms with van der Waals surface area (Å²) in [5.74, 6) is 0. The van der Waals surface area contributed by atoms with Crippen LogP contribution in [0.2, 0.25) is 0 Å². The number of rotatable bonds is 3. The van der Waals surface area contributed by atoms with Crippen molar-refractivity contribution in [2.75, 3.05) is 6.54 Å². The fourth-order valence-electron chi connectivity index (χ4n) is 1.03. The molecule has 12 heavy (non-hydrogen) atoms. The van der Waals surface area contributed by atoms with Gasteiger partial charge >= 0.3 is 6.09 Å². The van der Waals surface area contributed by atoms with Gasteiger partial charge in [-0.2, -0.15) is 0 Å². The lowest BCUT2D eigenvalue weighted by molar-refractivity contribution is 0.192. The molecule has 0 aromatic heterocycles. The summed E-state index contributed by atoms with van der Waals surface area (Å²) in [5.41, 5.74) is 0.0274. The summed E-state index contributed by atoms with van der Waals surface area (Å²) < 4.78 is 0. The lowest BCUT2D eigenvalue weighted by Crippen LogP contribution is -2.47. The van der Waals surface area contributed by atoms with E-state index in [-0.39, 0.29) is 11.6 Å². The predicted octanol–water partition coefficient (Wildman–Crippen LogP) is 1.03. The molecule has 0 fully saturated rings. The Bertz CT molecular complexity index is 152. The molecule has 0 bridgehead atoms. The summed E-state index contributed by atoms with van der Waals surface area (Å²) in [5, 5.41) is 13.9. The van der Waals surface area contributed by atoms with Gasteiger partial charge in [0.25, 0.3) is 0 Å². The Labute approximate surface area is 73.3 Å². The van der Waals surface area contributed by atoms with E-state index in [1.54, 1.807) is 0 Å². The van der Waals surface area contributed by atoms with Gasteiger partial charge in [0.05, 0.1) is 0 Å². The highest BCUT2D eigenvalue weighted by Crippen LogP contribution is 1.99. The predicted molar refractivity (Wildman–Crippen MR) is 48.4 cm³/mol. The van der Waals surface area contributed by atoms with Gasteiger partial charge in [0.15, 0.2) is 0 Å². The van der Waals surface area contributed by atoms with Crippen molar-refractivity contribution in [3.05, 3.63) is 0 Å². The molecule has 0 rings (SSSR count). The number of carbonyl (C=O) groups is 1. The first kappa shape index (κ1) is 11.2. The summed E-state index contributed by atoms with van der Waals surface area (Å²) in [6.07, 6.45) is -0.974. The fraction of sp³-hybridized carbons (Fsp3) is 0.875. The summed E-state index contributed by atoms with van der Waals surface area (Å²) in [4.78, 5) is 10.1. The molecule has 0 saturated heterocycles. The van der Waals surface area contributed by atoms with E-state index in [0.717, 1.165) is 0 Å². The molecule has 0 aromatic carbocycles. The molecule has 3 N–H and O–H groups in total. The van der Waals surface area contributed by atoms with Gasteiger partial charge in [-0.1, -0.05) is 0 Å². The molecule has 0 saturated carbocycles. The van der Waals surface area contributed by atoms with Crippen LogP contribution < -0.4 is 10.6 Å².